The fourth-order valence-electron chi connectivity index (χ4n) is 2.12. The van der Waals surface area contributed by atoms with E-state index in [9.17, 15) is 24.4 Å². The molecule has 1 rings (SSSR count). The summed E-state index contributed by atoms with van der Waals surface area (Å²) in [6, 6.07) is 5.77. The Balaban J connectivity index is 2.97. The van der Waals surface area contributed by atoms with Crippen LogP contribution in [0.15, 0.2) is 30.3 Å². The summed E-state index contributed by atoms with van der Waals surface area (Å²) in [5.74, 6) is -2.37. The molecule has 0 saturated carbocycles. The van der Waals surface area contributed by atoms with E-state index in [4.69, 9.17) is 5.73 Å². The molecule has 0 heterocycles. The topological polar surface area (TPSA) is 130 Å². The number of primary amides is 1. The van der Waals surface area contributed by atoms with Gasteiger partial charge in [-0.25, -0.2) is 5.06 Å². The number of hydrogen-bond acceptors (Lipinski definition) is 5. The third kappa shape index (κ3) is 6.00. The predicted molar refractivity (Wildman–Crippen MR) is 89.4 cm³/mol. The fourth-order valence-corrected chi connectivity index (χ4v) is 2.12. The monoisotopic (exact) mass is 349 g/mol. The smallest absolute Gasteiger partial charge is 0.277 e. The minimum absolute atomic E-state index is 0.167. The van der Waals surface area contributed by atoms with Gasteiger partial charge in [-0.2, -0.15) is 0 Å². The normalized spacial score (nSPS) is 13.0. The molecule has 0 aromatic heterocycles. The van der Waals surface area contributed by atoms with Crippen molar-refractivity contribution in [3.8, 4) is 0 Å². The van der Waals surface area contributed by atoms with Gasteiger partial charge in [-0.05, 0) is 24.5 Å². The van der Waals surface area contributed by atoms with Crippen LogP contribution in [0.25, 0.3) is 0 Å². The van der Waals surface area contributed by atoms with Crippen LogP contribution in [-0.2, 0) is 14.4 Å². The summed E-state index contributed by atoms with van der Waals surface area (Å²) in [4.78, 5) is 46.9. The SMILES string of the molecule is CC(C)[C@@H](C=O)NC(=O)[C@H](CCC(N)=O)N(O)C(=O)c1ccccc1. The Labute approximate surface area is 145 Å². The van der Waals surface area contributed by atoms with E-state index in [1.807, 2.05) is 0 Å². The summed E-state index contributed by atoms with van der Waals surface area (Å²) >= 11 is 0. The zero-order valence-corrected chi connectivity index (χ0v) is 14.2. The molecule has 136 valence electrons. The number of hydrogen-bond donors (Lipinski definition) is 3. The van der Waals surface area contributed by atoms with Crippen LogP contribution in [0.1, 0.15) is 37.0 Å². The van der Waals surface area contributed by atoms with Gasteiger partial charge in [-0.1, -0.05) is 32.0 Å². The first-order valence-electron chi connectivity index (χ1n) is 7.89. The molecular weight excluding hydrogens is 326 g/mol. The van der Waals surface area contributed by atoms with E-state index in [2.05, 4.69) is 5.32 Å². The maximum atomic E-state index is 12.4. The standard InChI is InChI=1S/C17H23N3O5/c1-11(2)13(10-21)19-16(23)14(8-9-15(18)22)20(25)17(24)12-6-4-3-5-7-12/h3-7,10-11,13-14,25H,8-9H2,1-2H3,(H2,18,22)(H,19,23)/t13-,14+/m1/s1. The molecule has 1 aromatic carbocycles. The Morgan fingerprint density at radius 2 is 1.84 bits per heavy atom. The van der Waals surface area contributed by atoms with Crippen LogP contribution in [-0.4, -0.2) is 46.4 Å². The second-order valence-electron chi connectivity index (χ2n) is 5.95. The molecule has 0 aliphatic carbocycles. The van der Waals surface area contributed by atoms with Crippen molar-refractivity contribution in [2.45, 2.75) is 38.8 Å². The predicted octanol–water partition coefficient (Wildman–Crippen LogP) is 0.492. The number of aldehydes is 1. The van der Waals surface area contributed by atoms with Crippen molar-refractivity contribution in [2.75, 3.05) is 0 Å². The first-order valence-corrected chi connectivity index (χ1v) is 7.89. The third-order valence-electron chi connectivity index (χ3n) is 3.66. The van der Waals surface area contributed by atoms with E-state index in [-0.39, 0.29) is 29.4 Å². The Bertz CT molecular complexity index is 618. The largest absolute Gasteiger partial charge is 0.370 e. The number of hydroxylamine groups is 2. The van der Waals surface area contributed by atoms with Crippen LogP contribution >= 0.6 is 0 Å². The van der Waals surface area contributed by atoms with Crippen molar-refractivity contribution in [1.29, 1.82) is 0 Å². The van der Waals surface area contributed by atoms with Crippen molar-refractivity contribution in [2.24, 2.45) is 11.7 Å². The fraction of sp³-hybridized carbons (Fsp3) is 0.412. The molecule has 0 radical (unpaired) electrons. The van der Waals surface area contributed by atoms with Gasteiger partial charge in [0.05, 0.1) is 6.04 Å². The molecule has 8 heteroatoms. The zero-order chi connectivity index (χ0) is 19.0. The molecule has 3 amide bonds. The first-order chi connectivity index (χ1) is 11.8. The second kappa shape index (κ2) is 9.53. The molecule has 25 heavy (non-hydrogen) atoms. The summed E-state index contributed by atoms with van der Waals surface area (Å²) in [6.45, 7) is 3.48. The molecule has 8 nitrogen and oxygen atoms in total. The average molecular weight is 349 g/mol. The van der Waals surface area contributed by atoms with Crippen LogP contribution in [0, 0.1) is 5.92 Å². The molecule has 0 aliphatic rings. The summed E-state index contributed by atoms with van der Waals surface area (Å²) < 4.78 is 0. The molecule has 0 fully saturated rings. The van der Waals surface area contributed by atoms with Gasteiger partial charge in [0.2, 0.25) is 11.8 Å². The van der Waals surface area contributed by atoms with E-state index in [1.54, 1.807) is 32.0 Å². The first kappa shape index (κ1) is 20.3. The molecule has 2 atom stereocenters. The number of carbonyl (C=O) groups excluding carboxylic acids is 4. The summed E-state index contributed by atoms with van der Waals surface area (Å²) in [7, 11) is 0. The Morgan fingerprint density at radius 1 is 1.24 bits per heavy atom. The minimum atomic E-state index is -1.35. The van der Waals surface area contributed by atoms with Gasteiger partial charge in [-0.15, -0.1) is 0 Å². The van der Waals surface area contributed by atoms with E-state index < -0.39 is 29.8 Å². The van der Waals surface area contributed by atoms with Gasteiger partial charge in [0.1, 0.15) is 12.3 Å². The Hall–Kier alpha value is -2.74. The molecule has 0 unspecified atom stereocenters. The second-order valence-corrected chi connectivity index (χ2v) is 5.95. The van der Waals surface area contributed by atoms with E-state index >= 15 is 0 Å². The number of nitrogens with zero attached hydrogens (tertiary/aromatic N) is 1. The van der Waals surface area contributed by atoms with Crippen molar-refractivity contribution >= 4 is 24.0 Å². The minimum Gasteiger partial charge on any atom is -0.370 e. The lowest BCUT2D eigenvalue weighted by Crippen LogP contribution is -2.52. The molecule has 4 N–H and O–H groups in total. The van der Waals surface area contributed by atoms with E-state index in [0.717, 1.165) is 0 Å². The van der Waals surface area contributed by atoms with Gasteiger partial charge >= 0.3 is 0 Å². The Kier molecular flexibility index (Phi) is 7.74. The van der Waals surface area contributed by atoms with Crippen molar-refractivity contribution < 1.29 is 24.4 Å². The Morgan fingerprint density at radius 3 is 2.32 bits per heavy atom. The van der Waals surface area contributed by atoms with Crippen LogP contribution in [0.4, 0.5) is 0 Å². The third-order valence-corrected chi connectivity index (χ3v) is 3.66. The highest BCUT2D eigenvalue weighted by Crippen LogP contribution is 2.12. The summed E-state index contributed by atoms with van der Waals surface area (Å²) in [5, 5.41) is 13.0. The quantitative estimate of drug-likeness (QED) is 0.339. The number of nitrogens with two attached hydrogens (primary N) is 1. The molecule has 1 aromatic rings. The lowest BCUT2D eigenvalue weighted by atomic mass is 10.0. The molecule has 0 spiro atoms. The highest BCUT2D eigenvalue weighted by atomic mass is 16.5. The number of benzene rings is 1. The maximum Gasteiger partial charge on any atom is 0.277 e. The van der Waals surface area contributed by atoms with Gasteiger partial charge in [0, 0.05) is 12.0 Å². The molecule has 0 saturated heterocycles. The van der Waals surface area contributed by atoms with Crippen LogP contribution < -0.4 is 11.1 Å². The summed E-state index contributed by atoms with van der Waals surface area (Å²) in [6.07, 6.45) is 0.207. The zero-order valence-electron chi connectivity index (χ0n) is 14.2. The van der Waals surface area contributed by atoms with Crippen LogP contribution in [0.2, 0.25) is 0 Å². The van der Waals surface area contributed by atoms with Gasteiger partial charge < -0.3 is 15.8 Å². The number of rotatable bonds is 9. The number of amides is 3. The highest BCUT2D eigenvalue weighted by molar-refractivity contribution is 5.97. The van der Waals surface area contributed by atoms with Crippen molar-refractivity contribution in [3.63, 3.8) is 0 Å². The van der Waals surface area contributed by atoms with Crippen molar-refractivity contribution in [1.82, 2.24) is 10.4 Å². The van der Waals surface area contributed by atoms with E-state index in [0.29, 0.717) is 6.29 Å². The van der Waals surface area contributed by atoms with Gasteiger partial charge in [0.15, 0.2) is 0 Å². The average Bonchev–Trinajstić information content (AvgIpc) is 2.59. The lowest BCUT2D eigenvalue weighted by Gasteiger charge is -2.27. The van der Waals surface area contributed by atoms with E-state index in [1.165, 1.54) is 12.1 Å². The molecule has 0 bridgehead atoms. The summed E-state index contributed by atoms with van der Waals surface area (Å²) in [5.41, 5.74) is 5.27. The number of carbonyl (C=O) groups is 4. The van der Waals surface area contributed by atoms with Gasteiger partial charge in [0.25, 0.3) is 5.91 Å². The lowest BCUT2D eigenvalue weighted by molar-refractivity contribution is -0.144. The number of nitrogens with one attached hydrogen (secondary N) is 1. The maximum absolute atomic E-state index is 12.4. The van der Waals surface area contributed by atoms with Gasteiger partial charge in [-0.3, -0.25) is 19.6 Å². The van der Waals surface area contributed by atoms with Crippen LogP contribution in [0.3, 0.4) is 0 Å². The van der Waals surface area contributed by atoms with Crippen molar-refractivity contribution in [3.05, 3.63) is 35.9 Å². The van der Waals surface area contributed by atoms with Crippen LogP contribution in [0.5, 0.6) is 0 Å². The molecular formula is C17H23N3O5. The molecule has 0 aliphatic heterocycles. The highest BCUT2D eigenvalue weighted by Gasteiger charge is 2.31.